The van der Waals surface area contributed by atoms with E-state index in [1.54, 1.807) is 6.07 Å². The molecule has 2 aliphatic heterocycles. The lowest BCUT2D eigenvalue weighted by Gasteiger charge is -2.38. The zero-order chi connectivity index (χ0) is 19.1. The molecule has 0 unspecified atom stereocenters. The topological polar surface area (TPSA) is 24.3 Å². The lowest BCUT2D eigenvalue weighted by molar-refractivity contribution is 0.208. The van der Waals surface area contributed by atoms with Gasteiger partial charge < -0.3 is 14.4 Å². The van der Waals surface area contributed by atoms with Crippen LogP contribution in [0.1, 0.15) is 25.7 Å². The molecule has 2 saturated heterocycles. The van der Waals surface area contributed by atoms with Crippen LogP contribution in [-0.4, -0.2) is 46.7 Å². The quantitative estimate of drug-likeness (QED) is 0.673. The molecule has 3 heterocycles. The average Bonchev–Trinajstić information content (AvgIpc) is 3.38. The second kappa shape index (κ2) is 7.21. The van der Waals surface area contributed by atoms with Gasteiger partial charge in [-0.05, 0) is 69.1 Å². The van der Waals surface area contributed by atoms with Crippen LogP contribution in [0.4, 0.5) is 10.1 Å². The maximum atomic E-state index is 14.7. The third-order valence-corrected chi connectivity index (χ3v) is 6.46. The standard InChI is InChI=1S/C23H27FN4/c1-26-22-7-3-2-6-21(22)25-23(26)19-16-18(8-9-20(19)24)28-14-10-17(11-15-28)27-12-4-5-13-27/h2-3,6-9,16-17H,4-5,10-15H2,1H3. The molecule has 5 heteroatoms. The molecule has 5 rings (SSSR count). The molecule has 2 aromatic carbocycles. The predicted octanol–water partition coefficient (Wildman–Crippen LogP) is 4.44. The van der Waals surface area contributed by atoms with Gasteiger partial charge in [-0.2, -0.15) is 0 Å². The summed E-state index contributed by atoms with van der Waals surface area (Å²) in [6.07, 6.45) is 5.08. The Hall–Kier alpha value is -2.40. The third kappa shape index (κ3) is 3.08. The van der Waals surface area contributed by atoms with E-state index in [-0.39, 0.29) is 5.82 Å². The summed E-state index contributed by atoms with van der Waals surface area (Å²) < 4.78 is 16.7. The second-order valence-electron chi connectivity index (χ2n) is 8.11. The zero-order valence-corrected chi connectivity index (χ0v) is 16.4. The SMILES string of the molecule is Cn1c(-c2cc(N3CCC(N4CCCC4)CC3)ccc2F)nc2ccccc21. The highest BCUT2D eigenvalue weighted by molar-refractivity contribution is 5.81. The number of hydrogen-bond donors (Lipinski definition) is 0. The molecule has 28 heavy (non-hydrogen) atoms. The highest BCUT2D eigenvalue weighted by Crippen LogP contribution is 2.31. The molecule has 0 spiro atoms. The van der Waals surface area contributed by atoms with E-state index < -0.39 is 0 Å². The van der Waals surface area contributed by atoms with Crippen LogP contribution in [0.15, 0.2) is 42.5 Å². The monoisotopic (exact) mass is 378 g/mol. The first-order chi connectivity index (χ1) is 13.7. The number of rotatable bonds is 3. The van der Waals surface area contributed by atoms with Gasteiger partial charge in [0.15, 0.2) is 0 Å². The Labute approximate surface area is 165 Å². The summed E-state index contributed by atoms with van der Waals surface area (Å²) in [5.74, 6) is 0.474. The fourth-order valence-corrected chi connectivity index (χ4v) is 4.86. The van der Waals surface area contributed by atoms with E-state index in [2.05, 4.69) is 9.80 Å². The Morgan fingerprint density at radius 3 is 2.46 bits per heavy atom. The molecule has 0 radical (unpaired) electrons. The molecule has 0 aliphatic carbocycles. The van der Waals surface area contributed by atoms with Gasteiger partial charge in [0.25, 0.3) is 0 Å². The van der Waals surface area contributed by atoms with Gasteiger partial charge >= 0.3 is 0 Å². The molecule has 1 aromatic heterocycles. The first-order valence-electron chi connectivity index (χ1n) is 10.4. The Morgan fingerprint density at radius 1 is 0.964 bits per heavy atom. The highest BCUT2D eigenvalue weighted by atomic mass is 19.1. The summed E-state index contributed by atoms with van der Waals surface area (Å²) in [6, 6.07) is 14.2. The van der Waals surface area contributed by atoms with E-state index in [0.29, 0.717) is 11.4 Å². The minimum absolute atomic E-state index is 0.214. The largest absolute Gasteiger partial charge is 0.371 e. The van der Waals surface area contributed by atoms with Crippen LogP contribution in [0.2, 0.25) is 0 Å². The normalized spacial score (nSPS) is 19.0. The Kier molecular flexibility index (Phi) is 4.55. The van der Waals surface area contributed by atoms with Crippen molar-refractivity contribution in [1.29, 1.82) is 0 Å². The van der Waals surface area contributed by atoms with Crippen molar-refractivity contribution in [1.82, 2.24) is 14.5 Å². The van der Waals surface area contributed by atoms with Crippen molar-refractivity contribution in [2.24, 2.45) is 7.05 Å². The number of anilines is 1. The summed E-state index contributed by atoms with van der Waals surface area (Å²) in [7, 11) is 1.96. The number of aryl methyl sites for hydroxylation is 1. The first-order valence-corrected chi connectivity index (χ1v) is 10.4. The lowest BCUT2D eigenvalue weighted by atomic mass is 10.0. The van der Waals surface area contributed by atoms with Gasteiger partial charge in [-0.1, -0.05) is 12.1 Å². The lowest BCUT2D eigenvalue weighted by Crippen LogP contribution is -2.43. The average molecular weight is 378 g/mol. The number of piperidine rings is 1. The number of halogens is 1. The summed E-state index contributed by atoms with van der Waals surface area (Å²) in [5, 5.41) is 0. The van der Waals surface area contributed by atoms with Crippen molar-refractivity contribution in [2.45, 2.75) is 31.7 Å². The second-order valence-corrected chi connectivity index (χ2v) is 8.11. The number of nitrogens with zero attached hydrogens (tertiary/aromatic N) is 4. The zero-order valence-electron chi connectivity index (χ0n) is 16.4. The minimum atomic E-state index is -0.214. The molecule has 146 valence electrons. The molecule has 0 atom stereocenters. The van der Waals surface area contributed by atoms with Crippen molar-refractivity contribution >= 4 is 16.7 Å². The smallest absolute Gasteiger partial charge is 0.143 e. The van der Waals surface area contributed by atoms with Gasteiger partial charge in [-0.15, -0.1) is 0 Å². The van der Waals surface area contributed by atoms with E-state index >= 15 is 0 Å². The summed E-state index contributed by atoms with van der Waals surface area (Å²) >= 11 is 0. The summed E-state index contributed by atoms with van der Waals surface area (Å²) in [5.41, 5.74) is 3.60. The van der Waals surface area contributed by atoms with E-state index in [4.69, 9.17) is 4.98 Å². The molecule has 0 bridgehead atoms. The van der Waals surface area contributed by atoms with E-state index in [1.807, 2.05) is 48.0 Å². The predicted molar refractivity (Wildman–Crippen MR) is 112 cm³/mol. The van der Waals surface area contributed by atoms with Crippen LogP contribution in [0.25, 0.3) is 22.4 Å². The molecular weight excluding hydrogens is 351 g/mol. The molecule has 2 fully saturated rings. The molecule has 0 N–H and O–H groups in total. The number of likely N-dealkylation sites (tertiary alicyclic amines) is 1. The van der Waals surface area contributed by atoms with E-state index in [1.165, 1.54) is 38.8 Å². The molecule has 0 saturated carbocycles. The molecule has 4 nitrogen and oxygen atoms in total. The van der Waals surface area contributed by atoms with Crippen molar-refractivity contribution in [2.75, 3.05) is 31.1 Å². The molecule has 2 aliphatic rings. The van der Waals surface area contributed by atoms with Gasteiger partial charge in [0.1, 0.15) is 11.6 Å². The fraction of sp³-hybridized carbons (Fsp3) is 0.435. The van der Waals surface area contributed by atoms with Crippen LogP contribution < -0.4 is 4.90 Å². The Balaban J connectivity index is 1.41. The Morgan fingerprint density at radius 2 is 1.71 bits per heavy atom. The van der Waals surface area contributed by atoms with Gasteiger partial charge in [-0.25, -0.2) is 9.37 Å². The molecular formula is C23H27FN4. The Bertz CT molecular complexity index is 981. The van der Waals surface area contributed by atoms with Crippen LogP contribution in [0, 0.1) is 5.82 Å². The van der Waals surface area contributed by atoms with Crippen LogP contribution in [0.3, 0.4) is 0 Å². The molecule has 0 amide bonds. The highest BCUT2D eigenvalue weighted by Gasteiger charge is 2.27. The summed E-state index contributed by atoms with van der Waals surface area (Å²) in [4.78, 5) is 9.75. The van der Waals surface area contributed by atoms with Gasteiger partial charge in [0, 0.05) is 31.9 Å². The van der Waals surface area contributed by atoms with E-state index in [0.717, 1.165) is 35.9 Å². The van der Waals surface area contributed by atoms with Crippen molar-refractivity contribution < 1.29 is 4.39 Å². The summed E-state index contributed by atoms with van der Waals surface area (Å²) in [6.45, 7) is 4.60. The van der Waals surface area contributed by atoms with Gasteiger partial charge in [0.2, 0.25) is 0 Å². The van der Waals surface area contributed by atoms with Gasteiger partial charge in [-0.3, -0.25) is 0 Å². The minimum Gasteiger partial charge on any atom is -0.371 e. The van der Waals surface area contributed by atoms with Crippen molar-refractivity contribution in [3.63, 3.8) is 0 Å². The third-order valence-electron chi connectivity index (χ3n) is 6.46. The van der Waals surface area contributed by atoms with Crippen LogP contribution in [0.5, 0.6) is 0 Å². The number of para-hydroxylation sites is 2. The maximum absolute atomic E-state index is 14.7. The molecule has 3 aromatic rings. The number of fused-ring (bicyclic) bond motifs is 1. The van der Waals surface area contributed by atoms with E-state index in [9.17, 15) is 4.39 Å². The van der Waals surface area contributed by atoms with Crippen molar-refractivity contribution in [3.8, 4) is 11.4 Å². The maximum Gasteiger partial charge on any atom is 0.143 e. The fourth-order valence-electron chi connectivity index (χ4n) is 4.86. The van der Waals surface area contributed by atoms with Crippen LogP contribution >= 0.6 is 0 Å². The number of benzene rings is 2. The van der Waals surface area contributed by atoms with Crippen molar-refractivity contribution in [3.05, 3.63) is 48.3 Å². The first kappa shape index (κ1) is 17.7. The number of hydrogen-bond acceptors (Lipinski definition) is 3. The number of aromatic nitrogens is 2. The van der Waals surface area contributed by atoms with Gasteiger partial charge in [0.05, 0.1) is 16.6 Å². The van der Waals surface area contributed by atoms with Crippen LogP contribution in [-0.2, 0) is 7.05 Å². The number of imidazole rings is 1.